The van der Waals surface area contributed by atoms with Crippen molar-refractivity contribution in [2.24, 2.45) is 5.41 Å². The molecule has 0 bridgehead atoms. The number of unbranched alkanes of at least 4 members (excludes halogenated alkanes) is 2. The Morgan fingerprint density at radius 3 is 2.53 bits per heavy atom. The average molecular weight is 445 g/mol. The Morgan fingerprint density at radius 1 is 1.16 bits per heavy atom. The number of carbonyl (C=O) groups is 1. The van der Waals surface area contributed by atoms with Gasteiger partial charge >= 0.3 is 6.18 Å². The fourth-order valence-corrected chi connectivity index (χ4v) is 4.49. The molecule has 4 rings (SSSR count). The smallest absolute Gasteiger partial charge is 0.294 e. The predicted molar refractivity (Wildman–Crippen MR) is 113 cm³/mol. The van der Waals surface area contributed by atoms with Gasteiger partial charge in [0.15, 0.2) is 11.5 Å². The van der Waals surface area contributed by atoms with Crippen LogP contribution in [0, 0.1) is 5.41 Å². The molecule has 0 saturated heterocycles. The van der Waals surface area contributed by atoms with Gasteiger partial charge in [-0.1, -0.05) is 57.0 Å². The molecule has 0 fully saturated rings. The highest BCUT2D eigenvalue weighted by atomic mass is 19.4. The quantitative estimate of drug-likeness (QED) is 0.476. The Hall–Kier alpha value is -2.97. The van der Waals surface area contributed by atoms with E-state index in [0.29, 0.717) is 5.69 Å². The number of rotatable bonds is 6. The summed E-state index contributed by atoms with van der Waals surface area (Å²) in [4.78, 5) is 13.0. The number of aromatic nitrogens is 5. The summed E-state index contributed by atoms with van der Waals surface area (Å²) in [6, 6.07) is 7.94. The number of fused-ring (bicyclic) bond motifs is 1. The summed E-state index contributed by atoms with van der Waals surface area (Å²) in [6.45, 7) is 5.85. The van der Waals surface area contributed by atoms with E-state index in [9.17, 15) is 18.0 Å². The fraction of sp³-hybridized carbons (Fsp3) is 0.478. The molecule has 6 nitrogen and oxygen atoms in total. The molecule has 2 aromatic heterocycles. The van der Waals surface area contributed by atoms with E-state index in [-0.39, 0.29) is 17.7 Å². The van der Waals surface area contributed by atoms with E-state index < -0.39 is 29.1 Å². The maximum absolute atomic E-state index is 13.9. The number of ketones is 1. The number of carbonyl (C=O) groups excluding carboxylic acids is 1. The van der Waals surface area contributed by atoms with Crippen LogP contribution in [0.15, 0.2) is 36.5 Å². The molecule has 1 aromatic carbocycles. The van der Waals surface area contributed by atoms with E-state index in [1.165, 1.54) is 4.68 Å². The number of hydrogen-bond acceptors (Lipinski definition) is 4. The number of nitrogens with zero attached hydrogens (tertiary/aromatic N) is 5. The monoisotopic (exact) mass is 445 g/mol. The molecule has 1 aliphatic rings. The normalized spacial score (nSPS) is 18.1. The number of alkyl halides is 3. The van der Waals surface area contributed by atoms with Gasteiger partial charge in [0, 0.05) is 18.0 Å². The van der Waals surface area contributed by atoms with Crippen LogP contribution in [0.5, 0.6) is 0 Å². The zero-order chi connectivity index (χ0) is 23.1. The van der Waals surface area contributed by atoms with Gasteiger partial charge in [-0.05, 0) is 25.0 Å². The van der Waals surface area contributed by atoms with Crippen molar-refractivity contribution in [1.82, 2.24) is 24.8 Å². The Labute approximate surface area is 184 Å². The number of benzene rings is 1. The lowest BCUT2D eigenvalue weighted by atomic mass is 9.71. The third-order valence-corrected chi connectivity index (χ3v) is 5.94. The second-order valence-corrected chi connectivity index (χ2v) is 8.99. The third-order valence-electron chi connectivity index (χ3n) is 5.94. The zero-order valence-electron chi connectivity index (χ0n) is 18.4. The number of hydrogen-bond donors (Lipinski definition) is 0. The molecule has 1 aliphatic carbocycles. The molecule has 9 heteroatoms. The van der Waals surface area contributed by atoms with Crippen molar-refractivity contribution in [2.75, 3.05) is 0 Å². The molecular weight excluding hydrogens is 419 g/mol. The first kappa shape index (κ1) is 22.2. The largest absolute Gasteiger partial charge is 0.435 e. The van der Waals surface area contributed by atoms with Crippen molar-refractivity contribution in [3.05, 3.63) is 59.2 Å². The van der Waals surface area contributed by atoms with Gasteiger partial charge in [0.05, 0.1) is 22.6 Å². The molecule has 170 valence electrons. The van der Waals surface area contributed by atoms with Crippen molar-refractivity contribution in [1.29, 1.82) is 0 Å². The summed E-state index contributed by atoms with van der Waals surface area (Å²) in [5, 5.41) is 12.4. The van der Waals surface area contributed by atoms with Crippen LogP contribution in [0.4, 0.5) is 13.2 Å². The third kappa shape index (κ3) is 3.96. The highest BCUT2D eigenvalue weighted by Crippen LogP contribution is 2.49. The number of para-hydroxylation sites is 1. The Bertz CT molecular complexity index is 1110. The van der Waals surface area contributed by atoms with Gasteiger partial charge < -0.3 is 0 Å². The summed E-state index contributed by atoms with van der Waals surface area (Å²) >= 11 is 0. The summed E-state index contributed by atoms with van der Waals surface area (Å²) in [7, 11) is 0. The second kappa shape index (κ2) is 8.18. The van der Waals surface area contributed by atoms with Crippen LogP contribution in [0.1, 0.15) is 79.9 Å². The van der Waals surface area contributed by atoms with Crippen molar-refractivity contribution in [3.8, 4) is 5.69 Å². The lowest BCUT2D eigenvalue weighted by molar-refractivity contribution is -0.141. The van der Waals surface area contributed by atoms with Crippen LogP contribution in [0.2, 0.25) is 0 Å². The van der Waals surface area contributed by atoms with E-state index in [1.807, 2.05) is 13.8 Å². The Balaban J connectivity index is 1.91. The molecule has 0 saturated carbocycles. The first-order chi connectivity index (χ1) is 15.1. The summed E-state index contributed by atoms with van der Waals surface area (Å²) < 4.78 is 44.6. The highest BCUT2D eigenvalue weighted by molar-refractivity contribution is 6.00. The van der Waals surface area contributed by atoms with Crippen LogP contribution in [-0.2, 0) is 12.6 Å². The second-order valence-electron chi connectivity index (χ2n) is 8.99. The topological polar surface area (TPSA) is 65.6 Å². The van der Waals surface area contributed by atoms with Gasteiger partial charge in [-0.2, -0.15) is 18.3 Å². The van der Waals surface area contributed by atoms with Crippen LogP contribution in [-0.4, -0.2) is 30.6 Å². The van der Waals surface area contributed by atoms with Crippen LogP contribution in [0.3, 0.4) is 0 Å². The molecule has 0 N–H and O–H groups in total. The molecule has 3 aromatic rings. The molecule has 2 heterocycles. The minimum atomic E-state index is -4.75. The van der Waals surface area contributed by atoms with E-state index in [0.717, 1.165) is 31.4 Å². The van der Waals surface area contributed by atoms with Crippen molar-refractivity contribution >= 4 is 5.78 Å². The number of aryl methyl sites for hydroxylation is 1. The molecule has 1 atom stereocenters. The number of halogens is 3. The first-order valence-electron chi connectivity index (χ1n) is 10.8. The van der Waals surface area contributed by atoms with Crippen molar-refractivity contribution in [3.63, 3.8) is 0 Å². The van der Waals surface area contributed by atoms with E-state index >= 15 is 0 Å². The van der Waals surface area contributed by atoms with Gasteiger partial charge in [-0.25, -0.2) is 9.36 Å². The molecule has 32 heavy (non-hydrogen) atoms. The fourth-order valence-electron chi connectivity index (χ4n) is 4.49. The van der Waals surface area contributed by atoms with Crippen molar-refractivity contribution in [2.45, 2.75) is 65.1 Å². The SMILES string of the molecule is CCCCCc1cn(C2c3c(c(C(F)(F)F)nn3-c3ccccc3)C(=O)CC2(C)C)nn1. The van der Waals surface area contributed by atoms with Gasteiger partial charge in [-0.3, -0.25) is 4.79 Å². The lowest BCUT2D eigenvalue weighted by Gasteiger charge is -2.38. The summed E-state index contributed by atoms with van der Waals surface area (Å²) in [6.07, 6.45) is 0.851. The van der Waals surface area contributed by atoms with Crippen LogP contribution < -0.4 is 0 Å². The lowest BCUT2D eigenvalue weighted by Crippen LogP contribution is -2.38. The summed E-state index contributed by atoms with van der Waals surface area (Å²) in [5.74, 6) is -0.556. The van der Waals surface area contributed by atoms with Crippen molar-refractivity contribution < 1.29 is 18.0 Å². The molecule has 0 radical (unpaired) electrons. The van der Waals surface area contributed by atoms with Gasteiger partial charge in [0.1, 0.15) is 6.04 Å². The van der Waals surface area contributed by atoms with Gasteiger partial charge in [0.2, 0.25) is 0 Å². The molecule has 0 spiro atoms. The highest BCUT2D eigenvalue weighted by Gasteiger charge is 2.50. The molecule has 0 aliphatic heterocycles. The van der Waals surface area contributed by atoms with E-state index in [1.54, 1.807) is 41.2 Å². The average Bonchev–Trinajstić information content (AvgIpc) is 3.33. The number of Topliss-reactive ketones (excluding diaryl/α,β-unsaturated/α-hetero) is 1. The first-order valence-corrected chi connectivity index (χ1v) is 10.8. The molecular formula is C23H26F3N5O. The maximum atomic E-state index is 13.9. The molecule has 0 amide bonds. The zero-order valence-corrected chi connectivity index (χ0v) is 18.4. The van der Waals surface area contributed by atoms with E-state index in [2.05, 4.69) is 22.3 Å². The maximum Gasteiger partial charge on any atom is 0.435 e. The van der Waals surface area contributed by atoms with Gasteiger partial charge in [-0.15, -0.1) is 5.10 Å². The molecule has 1 unspecified atom stereocenters. The summed E-state index contributed by atoms with van der Waals surface area (Å²) in [5.41, 5.74) is -0.755. The van der Waals surface area contributed by atoms with Gasteiger partial charge in [0.25, 0.3) is 0 Å². The van der Waals surface area contributed by atoms with Crippen LogP contribution in [0.25, 0.3) is 5.69 Å². The standard InChI is InChI=1S/C23H26F3N5O/c1-4-5-7-10-15-14-30(29-27-15)21-19-18(17(32)13-22(21,2)3)20(23(24,25)26)28-31(19)16-11-8-6-9-12-16/h6,8-9,11-12,14,21H,4-5,7,10,13H2,1-3H3. The predicted octanol–water partition coefficient (Wildman–Crippen LogP) is 5.42. The minimum absolute atomic E-state index is 0.0424. The Morgan fingerprint density at radius 2 is 1.88 bits per heavy atom. The Kier molecular flexibility index (Phi) is 5.68. The van der Waals surface area contributed by atoms with Crippen LogP contribution >= 0.6 is 0 Å². The van der Waals surface area contributed by atoms with E-state index in [4.69, 9.17) is 0 Å². The minimum Gasteiger partial charge on any atom is -0.294 e.